The largest absolute Gasteiger partial charge is 0.480 e. The van der Waals surface area contributed by atoms with Crippen molar-refractivity contribution in [2.24, 2.45) is 56.8 Å². The van der Waals surface area contributed by atoms with Crippen LogP contribution in [0.4, 0.5) is 0 Å². The van der Waals surface area contributed by atoms with Crippen LogP contribution in [-0.4, -0.2) is 116 Å². The molecule has 0 bridgehead atoms. The first-order valence-electron chi connectivity index (χ1n) is 23.2. The molecule has 0 aromatic heterocycles. The SMILES string of the molecule is [2H][13C](C)(O)[13C@]([2H])(N)C(=O)O.[2H][13C]([2H])(CC[13C@]([2H])(N)C(=O)O)N=C(N)N.[2H][13C]([2H])(N)CCC[13C@]([2H])(N)C(=O)O.[2H][13C]([2H])([2H])C(C)C[13C@]([2H])(N)C(=O)O.[2H][13C]1=C(C[13C@@]([2H])(N)C(=O)O)c2cc[13c]([2H])[13c]([2H])c2C1. The summed E-state index contributed by atoms with van der Waals surface area (Å²) in [6, 6.07) is -8.05. The summed E-state index contributed by atoms with van der Waals surface area (Å²) in [7, 11) is 0. The number of aliphatic imine (C=N–C) groups is 1. The molecule has 54 heavy (non-hydrogen) atoms. The Morgan fingerprint density at radius 1 is 0.852 bits per heavy atom. The number of rotatable bonds is 18. The van der Waals surface area contributed by atoms with Gasteiger partial charge >= 0.3 is 29.8 Å². The fourth-order valence-electron chi connectivity index (χ4n) is 3.06. The first-order valence-corrected chi connectivity index (χ1v) is 15.2. The highest BCUT2D eigenvalue weighted by atomic mass is 16.4. The minimum absolute atomic E-state index is 0.00188. The monoisotopic (exact) mass is 802 g/mol. The van der Waals surface area contributed by atoms with E-state index in [0.29, 0.717) is 16.7 Å². The molecular formula is C34H63N9O11. The van der Waals surface area contributed by atoms with E-state index in [0.717, 1.165) is 6.92 Å². The van der Waals surface area contributed by atoms with Crippen LogP contribution < -0.4 is 45.9 Å². The molecule has 1 aliphatic carbocycles. The van der Waals surface area contributed by atoms with E-state index >= 15 is 0 Å². The lowest BCUT2D eigenvalue weighted by Gasteiger charge is -2.08. The van der Waals surface area contributed by atoms with Crippen LogP contribution in [0.15, 0.2) is 35.3 Å². The van der Waals surface area contributed by atoms with Gasteiger partial charge in [0, 0.05) is 13.4 Å². The Balaban J connectivity index is -0.000000816. The van der Waals surface area contributed by atoms with Crippen molar-refractivity contribution >= 4 is 41.4 Å². The Bertz CT molecular complexity index is 2040. The van der Waals surface area contributed by atoms with Crippen molar-refractivity contribution in [3.63, 3.8) is 0 Å². The lowest BCUT2D eigenvalue weighted by molar-refractivity contribution is -0.141. The summed E-state index contributed by atoms with van der Waals surface area (Å²) >= 11 is 0. The Morgan fingerprint density at radius 2 is 1.37 bits per heavy atom. The average molecular weight is 802 g/mol. The van der Waals surface area contributed by atoms with E-state index in [1.807, 2.05) is 0 Å². The number of nitrogens with zero attached hydrogens (tertiary/aromatic N) is 1. The zero-order valence-electron chi connectivity index (χ0n) is 45.7. The van der Waals surface area contributed by atoms with Crippen molar-refractivity contribution in [2.75, 3.05) is 13.0 Å². The smallest absolute Gasteiger partial charge is 0.323 e. The van der Waals surface area contributed by atoms with Gasteiger partial charge < -0.3 is 76.5 Å². The third-order valence-electron chi connectivity index (χ3n) is 5.78. The Morgan fingerprint density at radius 3 is 1.78 bits per heavy atom. The number of aliphatic carboxylic acids is 5. The fourth-order valence-corrected chi connectivity index (χ4v) is 3.06. The van der Waals surface area contributed by atoms with Crippen LogP contribution in [0.25, 0.3) is 5.57 Å². The van der Waals surface area contributed by atoms with Gasteiger partial charge in [0.1, 0.15) is 30.1 Å². The van der Waals surface area contributed by atoms with Crippen molar-refractivity contribution in [1.29, 1.82) is 0 Å². The van der Waals surface area contributed by atoms with Crippen molar-refractivity contribution in [2.45, 2.75) is 108 Å². The molecule has 20 heteroatoms. The summed E-state index contributed by atoms with van der Waals surface area (Å²) in [4.78, 5) is 55.4. The molecule has 0 heterocycles. The van der Waals surface area contributed by atoms with Crippen LogP contribution in [0, 0.1) is 5.92 Å². The van der Waals surface area contributed by atoms with Crippen LogP contribution in [0.1, 0.15) is 98.7 Å². The molecule has 1 aromatic rings. The Hall–Kier alpha value is -4.70. The number of nitrogens with two attached hydrogens (primary N) is 8. The lowest BCUT2D eigenvalue weighted by atomic mass is 10.1. The van der Waals surface area contributed by atoms with Crippen molar-refractivity contribution in [3.8, 4) is 0 Å². The molecule has 1 aromatic carbocycles. The highest BCUT2D eigenvalue weighted by molar-refractivity contribution is 5.80. The standard InChI is InChI=1S/C12H13NO2.C6H14N4O2.C6H14N2O2.C6H13NO2.C4H9NO3/c13-11(12(14)15)7-9-6-5-8-3-1-2-4-10(8)9;7-4(5(11)12)2-1-3-10-6(8)9;7-4-2-1-3-5(8)6(9)10;1-4(2)3-5(7)6(8)9;1-2(6)3(5)4(7)8/h1-4,6,11H,5,7,13H2,(H,14,15);4H,1-3,7H2,(H,11,12)(H4,8,9,10);5H,1-4,7-8H2,(H,9,10);4-5H,3,7H2,1-2H3,(H,8,9);2-3,6H,5H2,1H3,(H,7,8)/t11-;4-;2*5-;2?,3-/m10000/s1/i1+1D,3+1D,6+1D,11+1D;3+1D2,4+1D;4+1D2,5+1D;1+1D3,5+1D;2+1D,3+1D/t3m;4?,5-;m. The van der Waals surface area contributed by atoms with E-state index in [4.69, 9.17) is 98.4 Å². The number of carboxylic acid groups (broad SMARTS) is 5. The van der Waals surface area contributed by atoms with Gasteiger partial charge in [-0.15, -0.1) is 0 Å². The molecule has 310 valence electrons. The average Bonchev–Trinajstić information content (AvgIpc) is 3.45. The molecule has 0 spiro atoms. The van der Waals surface area contributed by atoms with Crippen LogP contribution in [0.3, 0.4) is 0 Å². The Labute approximate surface area is 338 Å². The van der Waals surface area contributed by atoms with Gasteiger partial charge in [0.15, 0.2) is 5.96 Å². The summed E-state index contributed by atoms with van der Waals surface area (Å²) in [5.74, 6) is -8.97. The number of allylic oxidation sites excluding steroid dienone is 1. The molecule has 22 N–H and O–H groups in total. The zero-order valence-corrected chi connectivity index (χ0v) is 29.7. The van der Waals surface area contributed by atoms with E-state index in [1.54, 1.807) is 6.07 Å². The maximum absolute atomic E-state index is 10.9. The van der Waals surface area contributed by atoms with Gasteiger partial charge in [-0.1, -0.05) is 50.5 Å². The molecule has 2 unspecified atom stereocenters. The van der Waals surface area contributed by atoms with Gasteiger partial charge in [0.25, 0.3) is 0 Å². The number of hydrogen-bond donors (Lipinski definition) is 14. The third kappa shape index (κ3) is 28.8. The van der Waals surface area contributed by atoms with Gasteiger partial charge in [-0.05, 0) is 81.0 Å². The fraction of sp³-hybridized carbons (Fsp3) is 0.588. The van der Waals surface area contributed by atoms with E-state index in [1.165, 1.54) is 13.0 Å². The zero-order chi connectivity index (χ0) is 56.8. The highest BCUT2D eigenvalue weighted by Gasteiger charge is 2.19. The first kappa shape index (κ1) is 29.6. The van der Waals surface area contributed by atoms with E-state index in [9.17, 15) is 24.0 Å². The van der Waals surface area contributed by atoms with Crippen LogP contribution in [0.5, 0.6) is 0 Å². The normalized spacial score (nSPS) is 23.6. The highest BCUT2D eigenvalue weighted by Crippen LogP contribution is 2.30. The summed E-state index contributed by atoms with van der Waals surface area (Å²) in [6.07, 6.45) is -3.66. The second kappa shape index (κ2) is 30.7. The first-order chi connectivity index (χ1) is 30.7. The number of aliphatic hydroxyl groups is 1. The molecule has 0 radical (unpaired) electrons. The lowest BCUT2D eigenvalue weighted by Crippen LogP contribution is -2.39. The summed E-state index contributed by atoms with van der Waals surface area (Å²) < 4.78 is 115. The predicted octanol–water partition coefficient (Wildman–Crippen LogP) is -1.37. The number of guanidine groups is 1. The van der Waals surface area contributed by atoms with Crippen molar-refractivity contribution in [3.05, 3.63) is 41.4 Å². The molecule has 0 amide bonds. The molecule has 0 saturated heterocycles. The number of fused-ring (bicyclic) bond motifs is 1. The predicted molar refractivity (Wildman–Crippen MR) is 205 cm³/mol. The topological polar surface area (TPSA) is 427 Å². The van der Waals surface area contributed by atoms with Gasteiger partial charge in [-0.25, -0.2) is 0 Å². The number of carbonyl (C=O) groups is 5. The molecule has 1 aliphatic rings. The second-order valence-electron chi connectivity index (χ2n) is 10.5. The maximum atomic E-state index is 10.9. The van der Waals surface area contributed by atoms with E-state index < -0.39 is 111 Å². The van der Waals surface area contributed by atoms with Crippen LogP contribution in [0.2, 0.25) is 0 Å². The van der Waals surface area contributed by atoms with Gasteiger partial charge in [-0.3, -0.25) is 29.0 Å². The minimum atomic E-state index is -2.67. The second-order valence-corrected chi connectivity index (χ2v) is 10.5. The molecule has 0 saturated carbocycles. The summed E-state index contributed by atoms with van der Waals surface area (Å²) in [6.45, 7) is -4.00. The number of benzene rings is 1. The molecular weight excluding hydrogens is 722 g/mol. The van der Waals surface area contributed by atoms with Gasteiger partial charge in [0.05, 0.1) is 21.2 Å². The Kier molecular flexibility index (Phi) is 16.9. The molecule has 7 atom stereocenters. The van der Waals surface area contributed by atoms with Crippen LogP contribution >= 0.6 is 0 Å². The molecule has 20 nitrogen and oxygen atoms in total. The van der Waals surface area contributed by atoms with E-state index in [2.05, 4.69) is 4.99 Å². The maximum Gasteiger partial charge on any atom is 0.323 e. The number of carboxylic acids is 5. The minimum Gasteiger partial charge on any atom is -0.480 e. The van der Waals surface area contributed by atoms with Crippen molar-refractivity contribution in [1.82, 2.24) is 0 Å². The van der Waals surface area contributed by atoms with Gasteiger partial charge in [-0.2, -0.15) is 0 Å². The number of hydrogen-bond acceptors (Lipinski definition) is 13. The summed E-state index contributed by atoms with van der Waals surface area (Å²) in [5.41, 5.74) is 41.9. The molecule has 0 aliphatic heterocycles. The molecule has 0 fully saturated rings. The van der Waals surface area contributed by atoms with Crippen molar-refractivity contribution < 1.29 is 76.5 Å². The summed E-state index contributed by atoms with van der Waals surface area (Å²) in [5, 5.41) is 51.1. The molecule has 2 rings (SSSR count). The third-order valence-corrected chi connectivity index (χ3v) is 5.78. The van der Waals surface area contributed by atoms with E-state index in [-0.39, 0.29) is 56.7 Å². The van der Waals surface area contributed by atoms with Gasteiger partial charge in [0.2, 0.25) is 0 Å². The van der Waals surface area contributed by atoms with Crippen LogP contribution in [-0.2, 0) is 30.4 Å². The quantitative estimate of drug-likeness (QED) is 0.0462.